The SMILES string of the molecule is COc1c(C)cc(-c2nc(CN)nn2C)c(C)c1C. The smallest absolute Gasteiger partial charge is 0.164 e. The number of ether oxygens (including phenoxy) is 1. The number of aromatic nitrogens is 3. The second-order valence-electron chi connectivity index (χ2n) is 4.70. The van der Waals surface area contributed by atoms with Crippen molar-refractivity contribution in [3.63, 3.8) is 0 Å². The lowest BCUT2D eigenvalue weighted by molar-refractivity contribution is 0.408. The van der Waals surface area contributed by atoms with E-state index in [0.717, 1.165) is 33.8 Å². The first-order valence-electron chi connectivity index (χ1n) is 6.24. The summed E-state index contributed by atoms with van der Waals surface area (Å²) in [6.07, 6.45) is 0. The van der Waals surface area contributed by atoms with Crippen LogP contribution < -0.4 is 10.5 Å². The summed E-state index contributed by atoms with van der Waals surface area (Å²) in [5.74, 6) is 2.43. The molecular formula is C14H20N4O. The second-order valence-corrected chi connectivity index (χ2v) is 4.70. The summed E-state index contributed by atoms with van der Waals surface area (Å²) in [6, 6.07) is 2.09. The van der Waals surface area contributed by atoms with Crippen LogP contribution in [0.2, 0.25) is 0 Å². The van der Waals surface area contributed by atoms with E-state index in [1.807, 2.05) is 14.0 Å². The molecule has 5 nitrogen and oxygen atoms in total. The average Bonchev–Trinajstić information content (AvgIpc) is 2.76. The lowest BCUT2D eigenvalue weighted by Crippen LogP contribution is -2.01. The Morgan fingerprint density at radius 3 is 2.47 bits per heavy atom. The Morgan fingerprint density at radius 1 is 1.26 bits per heavy atom. The minimum Gasteiger partial charge on any atom is -0.496 e. The maximum absolute atomic E-state index is 5.60. The van der Waals surface area contributed by atoms with Gasteiger partial charge in [0.15, 0.2) is 11.6 Å². The maximum Gasteiger partial charge on any atom is 0.164 e. The summed E-state index contributed by atoms with van der Waals surface area (Å²) in [5.41, 5.74) is 10.1. The van der Waals surface area contributed by atoms with Gasteiger partial charge in [-0.2, -0.15) is 5.10 Å². The Morgan fingerprint density at radius 2 is 1.95 bits per heavy atom. The first kappa shape index (κ1) is 13.5. The summed E-state index contributed by atoms with van der Waals surface area (Å²) in [6.45, 7) is 6.52. The number of rotatable bonds is 3. The van der Waals surface area contributed by atoms with Crippen molar-refractivity contribution in [1.82, 2.24) is 14.8 Å². The fourth-order valence-electron chi connectivity index (χ4n) is 2.36. The van der Waals surface area contributed by atoms with E-state index in [9.17, 15) is 0 Å². The van der Waals surface area contributed by atoms with Gasteiger partial charge >= 0.3 is 0 Å². The van der Waals surface area contributed by atoms with E-state index in [1.165, 1.54) is 0 Å². The Kier molecular flexibility index (Phi) is 3.57. The minimum absolute atomic E-state index is 0.348. The third kappa shape index (κ3) is 2.21. The number of nitrogens with two attached hydrogens (primary N) is 1. The lowest BCUT2D eigenvalue weighted by atomic mass is 9.98. The van der Waals surface area contributed by atoms with Gasteiger partial charge in [-0.15, -0.1) is 0 Å². The van der Waals surface area contributed by atoms with E-state index in [2.05, 4.69) is 30.0 Å². The summed E-state index contributed by atoms with van der Waals surface area (Å²) in [7, 11) is 3.58. The summed E-state index contributed by atoms with van der Waals surface area (Å²) in [5, 5.41) is 4.30. The maximum atomic E-state index is 5.60. The fraction of sp³-hybridized carbons (Fsp3) is 0.429. The summed E-state index contributed by atoms with van der Waals surface area (Å²) >= 11 is 0. The molecule has 0 spiro atoms. The molecule has 0 aliphatic rings. The van der Waals surface area contributed by atoms with Crippen molar-refractivity contribution in [1.29, 1.82) is 0 Å². The Labute approximate surface area is 113 Å². The molecule has 0 atom stereocenters. The van der Waals surface area contributed by atoms with Gasteiger partial charge in [-0.1, -0.05) is 0 Å². The quantitative estimate of drug-likeness (QED) is 0.915. The Hall–Kier alpha value is -1.88. The second kappa shape index (κ2) is 5.01. The molecule has 0 bridgehead atoms. The van der Waals surface area contributed by atoms with Crippen LogP contribution in [-0.2, 0) is 13.6 Å². The molecule has 0 amide bonds. The molecule has 0 saturated heterocycles. The standard InChI is InChI=1S/C14H20N4O/c1-8-6-11(9(2)10(3)13(8)19-5)14-16-12(7-15)17-18(14)4/h6H,7,15H2,1-5H3. The molecule has 102 valence electrons. The van der Waals surface area contributed by atoms with Crippen LogP contribution >= 0.6 is 0 Å². The molecule has 0 aliphatic heterocycles. The Bertz CT molecular complexity index is 616. The molecule has 1 aromatic heterocycles. The van der Waals surface area contributed by atoms with Crippen molar-refractivity contribution in [2.24, 2.45) is 12.8 Å². The van der Waals surface area contributed by atoms with Crippen molar-refractivity contribution in [2.45, 2.75) is 27.3 Å². The molecule has 2 aromatic rings. The Balaban J connectivity index is 2.66. The van der Waals surface area contributed by atoms with Crippen molar-refractivity contribution >= 4 is 0 Å². The van der Waals surface area contributed by atoms with Crippen LogP contribution in [0.15, 0.2) is 6.07 Å². The fourth-order valence-corrected chi connectivity index (χ4v) is 2.36. The number of nitrogens with zero attached hydrogens (tertiary/aromatic N) is 3. The molecule has 0 saturated carbocycles. The van der Waals surface area contributed by atoms with Crippen LogP contribution in [0.4, 0.5) is 0 Å². The highest BCUT2D eigenvalue weighted by Gasteiger charge is 2.16. The van der Waals surface area contributed by atoms with Crippen LogP contribution in [0.3, 0.4) is 0 Å². The highest BCUT2D eigenvalue weighted by molar-refractivity contribution is 5.67. The summed E-state index contributed by atoms with van der Waals surface area (Å²) in [4.78, 5) is 4.48. The summed E-state index contributed by atoms with van der Waals surface area (Å²) < 4.78 is 7.21. The molecule has 2 rings (SSSR count). The topological polar surface area (TPSA) is 66.0 Å². The van der Waals surface area contributed by atoms with Crippen LogP contribution in [0.25, 0.3) is 11.4 Å². The molecule has 1 heterocycles. The van der Waals surface area contributed by atoms with E-state index in [1.54, 1.807) is 11.8 Å². The zero-order valence-corrected chi connectivity index (χ0v) is 12.1. The van der Waals surface area contributed by atoms with Gasteiger partial charge in [0.1, 0.15) is 5.75 Å². The molecule has 19 heavy (non-hydrogen) atoms. The van der Waals surface area contributed by atoms with E-state index >= 15 is 0 Å². The number of aryl methyl sites for hydroxylation is 2. The van der Waals surface area contributed by atoms with E-state index in [0.29, 0.717) is 12.4 Å². The zero-order chi connectivity index (χ0) is 14.2. The molecular weight excluding hydrogens is 240 g/mol. The van der Waals surface area contributed by atoms with Gasteiger partial charge in [-0.05, 0) is 43.5 Å². The third-order valence-electron chi connectivity index (χ3n) is 3.46. The molecule has 0 aliphatic carbocycles. The third-order valence-corrected chi connectivity index (χ3v) is 3.46. The van der Waals surface area contributed by atoms with Crippen LogP contribution in [0, 0.1) is 20.8 Å². The zero-order valence-electron chi connectivity index (χ0n) is 12.1. The van der Waals surface area contributed by atoms with Crippen LogP contribution in [0.5, 0.6) is 5.75 Å². The molecule has 0 unspecified atom stereocenters. The number of hydrogen-bond acceptors (Lipinski definition) is 4. The van der Waals surface area contributed by atoms with E-state index in [-0.39, 0.29) is 0 Å². The van der Waals surface area contributed by atoms with Crippen molar-refractivity contribution in [3.8, 4) is 17.1 Å². The molecule has 5 heteroatoms. The molecule has 0 radical (unpaired) electrons. The van der Waals surface area contributed by atoms with E-state index in [4.69, 9.17) is 10.5 Å². The largest absolute Gasteiger partial charge is 0.496 e. The number of methoxy groups -OCH3 is 1. The predicted molar refractivity (Wildman–Crippen MR) is 75.1 cm³/mol. The highest BCUT2D eigenvalue weighted by Crippen LogP contribution is 2.33. The van der Waals surface area contributed by atoms with Gasteiger partial charge in [0.05, 0.1) is 13.7 Å². The van der Waals surface area contributed by atoms with Gasteiger partial charge in [-0.3, -0.25) is 0 Å². The molecule has 2 N–H and O–H groups in total. The first-order valence-corrected chi connectivity index (χ1v) is 6.24. The first-order chi connectivity index (χ1) is 8.99. The van der Waals surface area contributed by atoms with Crippen LogP contribution in [-0.4, -0.2) is 21.9 Å². The normalized spacial score (nSPS) is 10.8. The van der Waals surface area contributed by atoms with Gasteiger partial charge < -0.3 is 10.5 Å². The minimum atomic E-state index is 0.348. The highest BCUT2D eigenvalue weighted by atomic mass is 16.5. The lowest BCUT2D eigenvalue weighted by Gasteiger charge is -2.15. The van der Waals surface area contributed by atoms with Crippen molar-refractivity contribution in [2.75, 3.05) is 7.11 Å². The van der Waals surface area contributed by atoms with E-state index < -0.39 is 0 Å². The van der Waals surface area contributed by atoms with Gasteiger partial charge in [0.25, 0.3) is 0 Å². The monoisotopic (exact) mass is 260 g/mol. The van der Waals surface area contributed by atoms with Crippen molar-refractivity contribution < 1.29 is 4.74 Å². The van der Waals surface area contributed by atoms with Crippen LogP contribution in [0.1, 0.15) is 22.5 Å². The number of hydrogen-bond donors (Lipinski definition) is 1. The molecule has 1 aromatic carbocycles. The van der Waals surface area contributed by atoms with Gasteiger partial charge in [0.2, 0.25) is 0 Å². The average molecular weight is 260 g/mol. The molecule has 0 fully saturated rings. The van der Waals surface area contributed by atoms with Gasteiger partial charge in [0, 0.05) is 12.6 Å². The van der Waals surface area contributed by atoms with Gasteiger partial charge in [-0.25, -0.2) is 9.67 Å². The van der Waals surface area contributed by atoms with Crippen molar-refractivity contribution in [3.05, 3.63) is 28.6 Å². The number of benzene rings is 1. The predicted octanol–water partition coefficient (Wildman–Crippen LogP) is 1.87.